The Morgan fingerprint density at radius 1 is 1.57 bits per heavy atom. The maximum atomic E-state index is 12.5. The molecule has 1 fully saturated rings. The maximum absolute atomic E-state index is 12.5. The van der Waals surface area contributed by atoms with E-state index in [1.807, 2.05) is 0 Å². The Bertz CT molecular complexity index is 577. The predicted octanol–water partition coefficient (Wildman–Crippen LogP) is 3.09. The molecule has 1 aromatic carbocycles. The fraction of sp³-hybridized carbons (Fsp3) is 0.500. The number of benzene rings is 1. The molecular weight excluding hydrogens is 294 g/mol. The van der Waals surface area contributed by atoms with Crippen LogP contribution in [-0.2, 0) is 0 Å². The summed E-state index contributed by atoms with van der Waals surface area (Å²) in [6, 6.07) is 2.61. The second kappa shape index (κ2) is 6.30. The van der Waals surface area contributed by atoms with Crippen LogP contribution in [0, 0.1) is 16.0 Å². The second-order valence-electron chi connectivity index (χ2n) is 5.32. The monoisotopic (exact) mass is 311 g/mol. The van der Waals surface area contributed by atoms with Gasteiger partial charge in [-0.25, -0.2) is 0 Å². The van der Waals surface area contributed by atoms with E-state index in [0.717, 1.165) is 19.3 Å². The van der Waals surface area contributed by atoms with Crippen LogP contribution in [0.2, 0.25) is 5.02 Å². The average molecular weight is 312 g/mol. The summed E-state index contributed by atoms with van der Waals surface area (Å²) in [7, 11) is 0. The van der Waals surface area contributed by atoms with Gasteiger partial charge in [-0.2, -0.15) is 0 Å². The summed E-state index contributed by atoms with van der Waals surface area (Å²) >= 11 is 5.90. The second-order valence-corrected chi connectivity index (χ2v) is 5.72. The standard InChI is InChI=1S/C14H18ClN3O3/c1-2-9-4-3-5-17(8-9)14(19)10-6-11(15)13(16)12(7-10)18(20)21/h6-7,9H,2-5,8,16H2,1H3. The minimum atomic E-state index is -0.622. The molecule has 1 aliphatic heterocycles. The number of rotatable bonds is 3. The zero-order valence-corrected chi connectivity index (χ0v) is 12.6. The minimum absolute atomic E-state index is 0.0385. The number of nitrogen functional groups attached to an aromatic ring is 1. The van der Waals surface area contributed by atoms with Gasteiger partial charge >= 0.3 is 0 Å². The first-order valence-electron chi connectivity index (χ1n) is 6.96. The molecule has 1 heterocycles. The Labute approximate surface area is 128 Å². The third-order valence-corrected chi connectivity index (χ3v) is 4.25. The van der Waals surface area contributed by atoms with Crippen LogP contribution in [-0.4, -0.2) is 28.8 Å². The molecule has 6 nitrogen and oxygen atoms in total. The molecule has 7 heteroatoms. The predicted molar refractivity (Wildman–Crippen MR) is 81.4 cm³/mol. The molecule has 0 saturated carbocycles. The molecule has 1 unspecified atom stereocenters. The summed E-state index contributed by atoms with van der Waals surface area (Å²) in [5, 5.41) is 11.0. The van der Waals surface area contributed by atoms with E-state index >= 15 is 0 Å². The molecule has 1 aliphatic rings. The molecule has 0 radical (unpaired) electrons. The van der Waals surface area contributed by atoms with E-state index in [-0.39, 0.29) is 27.9 Å². The van der Waals surface area contributed by atoms with E-state index in [4.69, 9.17) is 17.3 Å². The highest BCUT2D eigenvalue weighted by molar-refractivity contribution is 6.34. The van der Waals surface area contributed by atoms with Crippen molar-refractivity contribution in [2.24, 2.45) is 5.92 Å². The van der Waals surface area contributed by atoms with E-state index < -0.39 is 4.92 Å². The first-order valence-corrected chi connectivity index (χ1v) is 7.34. The zero-order chi connectivity index (χ0) is 15.6. The number of halogens is 1. The van der Waals surface area contributed by atoms with Gasteiger partial charge in [-0.1, -0.05) is 24.9 Å². The highest BCUT2D eigenvalue weighted by Gasteiger charge is 2.26. The van der Waals surface area contributed by atoms with Crippen molar-refractivity contribution in [1.29, 1.82) is 0 Å². The van der Waals surface area contributed by atoms with Crippen LogP contribution in [0.5, 0.6) is 0 Å². The number of nitro benzene ring substituents is 1. The highest BCUT2D eigenvalue weighted by Crippen LogP contribution is 2.32. The fourth-order valence-electron chi connectivity index (χ4n) is 2.64. The van der Waals surface area contributed by atoms with E-state index in [1.165, 1.54) is 12.1 Å². The van der Waals surface area contributed by atoms with Crippen molar-refractivity contribution in [3.05, 3.63) is 32.8 Å². The van der Waals surface area contributed by atoms with Gasteiger partial charge in [-0.3, -0.25) is 14.9 Å². The molecule has 0 aromatic heterocycles. The van der Waals surface area contributed by atoms with E-state index in [9.17, 15) is 14.9 Å². The lowest BCUT2D eigenvalue weighted by Gasteiger charge is -2.32. The number of likely N-dealkylation sites (tertiary alicyclic amines) is 1. The third-order valence-electron chi connectivity index (χ3n) is 3.93. The van der Waals surface area contributed by atoms with Crippen molar-refractivity contribution in [3.63, 3.8) is 0 Å². The number of carbonyl (C=O) groups excluding carboxylic acids is 1. The van der Waals surface area contributed by atoms with Crippen molar-refractivity contribution in [2.75, 3.05) is 18.8 Å². The Hall–Kier alpha value is -1.82. The van der Waals surface area contributed by atoms with Crippen molar-refractivity contribution < 1.29 is 9.72 Å². The molecule has 1 atom stereocenters. The van der Waals surface area contributed by atoms with Crippen LogP contribution in [0.25, 0.3) is 0 Å². The number of nitrogens with two attached hydrogens (primary N) is 1. The van der Waals surface area contributed by atoms with Gasteiger partial charge in [0.1, 0.15) is 5.69 Å². The van der Waals surface area contributed by atoms with Gasteiger partial charge < -0.3 is 10.6 Å². The highest BCUT2D eigenvalue weighted by atomic mass is 35.5. The smallest absolute Gasteiger partial charge is 0.294 e. The summed E-state index contributed by atoms with van der Waals surface area (Å²) < 4.78 is 0. The molecule has 114 valence electrons. The molecule has 1 saturated heterocycles. The van der Waals surface area contributed by atoms with E-state index in [2.05, 4.69) is 6.92 Å². The number of nitro groups is 1. The molecule has 1 amide bonds. The van der Waals surface area contributed by atoms with E-state index in [1.54, 1.807) is 4.90 Å². The van der Waals surface area contributed by atoms with Crippen molar-refractivity contribution in [1.82, 2.24) is 4.90 Å². The third kappa shape index (κ3) is 3.26. The van der Waals surface area contributed by atoms with Crippen molar-refractivity contribution in [3.8, 4) is 0 Å². The Kier molecular flexibility index (Phi) is 4.67. The van der Waals surface area contributed by atoms with Crippen LogP contribution in [0.4, 0.5) is 11.4 Å². The normalized spacial score (nSPS) is 18.6. The number of piperidine rings is 1. The molecule has 0 aliphatic carbocycles. The molecule has 2 N–H and O–H groups in total. The van der Waals surface area contributed by atoms with Crippen LogP contribution in [0.3, 0.4) is 0 Å². The Morgan fingerprint density at radius 3 is 2.90 bits per heavy atom. The van der Waals surface area contributed by atoms with Crippen LogP contribution in [0.15, 0.2) is 12.1 Å². The van der Waals surface area contributed by atoms with Crippen molar-refractivity contribution >= 4 is 28.9 Å². The molecule has 2 rings (SSSR count). The molecular formula is C14H18ClN3O3. The Morgan fingerprint density at radius 2 is 2.29 bits per heavy atom. The van der Waals surface area contributed by atoms with Crippen LogP contribution in [0.1, 0.15) is 36.5 Å². The number of anilines is 1. The van der Waals surface area contributed by atoms with Crippen molar-refractivity contribution in [2.45, 2.75) is 26.2 Å². The zero-order valence-electron chi connectivity index (χ0n) is 11.8. The van der Waals surface area contributed by atoms with Gasteiger partial charge in [0, 0.05) is 24.7 Å². The summed E-state index contributed by atoms with van der Waals surface area (Å²) in [6.07, 6.45) is 3.09. The lowest BCUT2D eigenvalue weighted by molar-refractivity contribution is -0.383. The van der Waals surface area contributed by atoms with Crippen LogP contribution < -0.4 is 5.73 Å². The molecule has 0 bridgehead atoms. The SMILES string of the molecule is CCC1CCCN(C(=O)c2cc(Cl)c(N)c([N+](=O)[O-])c2)C1. The van der Waals surface area contributed by atoms with E-state index in [0.29, 0.717) is 19.0 Å². The van der Waals surface area contributed by atoms with Gasteiger partial charge in [0.15, 0.2) is 0 Å². The van der Waals surface area contributed by atoms with Gasteiger partial charge in [0.2, 0.25) is 0 Å². The lowest BCUT2D eigenvalue weighted by Crippen LogP contribution is -2.39. The van der Waals surface area contributed by atoms with Gasteiger partial charge in [0.05, 0.1) is 9.95 Å². The average Bonchev–Trinajstić information content (AvgIpc) is 2.48. The first-order chi connectivity index (χ1) is 9.93. The molecule has 0 spiro atoms. The number of carbonyl (C=O) groups is 1. The molecule has 1 aromatic rings. The van der Waals surface area contributed by atoms with Gasteiger partial charge in [-0.05, 0) is 24.8 Å². The lowest BCUT2D eigenvalue weighted by atomic mass is 9.95. The summed E-state index contributed by atoms with van der Waals surface area (Å²) in [6.45, 7) is 3.46. The maximum Gasteiger partial charge on any atom is 0.294 e. The number of nitrogens with zero attached hydrogens (tertiary/aromatic N) is 2. The number of hydrogen-bond acceptors (Lipinski definition) is 4. The topological polar surface area (TPSA) is 89.5 Å². The van der Waals surface area contributed by atoms with Gasteiger partial charge in [-0.15, -0.1) is 0 Å². The summed E-state index contributed by atoms with van der Waals surface area (Å²) in [5.41, 5.74) is 5.36. The largest absolute Gasteiger partial charge is 0.392 e. The summed E-state index contributed by atoms with van der Waals surface area (Å²) in [5.74, 6) is 0.264. The first kappa shape index (κ1) is 15.6. The summed E-state index contributed by atoms with van der Waals surface area (Å²) in [4.78, 5) is 24.6. The van der Waals surface area contributed by atoms with Gasteiger partial charge in [0.25, 0.3) is 11.6 Å². The number of amides is 1. The van der Waals surface area contributed by atoms with Crippen LogP contribution >= 0.6 is 11.6 Å². The molecule has 21 heavy (non-hydrogen) atoms. The quantitative estimate of drug-likeness (QED) is 0.527. The minimum Gasteiger partial charge on any atom is -0.392 e. The fourth-order valence-corrected chi connectivity index (χ4v) is 2.86. The number of hydrogen-bond donors (Lipinski definition) is 1. The Balaban J connectivity index is 2.29.